The van der Waals surface area contributed by atoms with E-state index in [2.05, 4.69) is 65.2 Å². The molecule has 0 radical (unpaired) electrons. The van der Waals surface area contributed by atoms with Gasteiger partial charge in [0.15, 0.2) is 0 Å². The predicted molar refractivity (Wildman–Crippen MR) is 94.8 cm³/mol. The number of rotatable bonds is 6. The van der Waals surface area contributed by atoms with Gasteiger partial charge in [-0.25, -0.2) is 0 Å². The van der Waals surface area contributed by atoms with Crippen LogP contribution < -0.4 is 9.64 Å². The number of para-hydroxylation sites is 1. The van der Waals surface area contributed by atoms with Gasteiger partial charge in [-0.3, -0.25) is 0 Å². The zero-order valence-electron chi connectivity index (χ0n) is 14.7. The number of anilines is 1. The Morgan fingerprint density at radius 1 is 1.21 bits per heavy atom. The third-order valence-corrected chi connectivity index (χ3v) is 4.15. The Hall–Kier alpha value is -2.63. The Labute approximate surface area is 142 Å². The number of aryl methyl sites for hydroxylation is 3. The van der Waals surface area contributed by atoms with Crippen LogP contribution >= 0.6 is 0 Å². The molecule has 3 rings (SSSR count). The fraction of sp³-hybridized carbons (Fsp3) is 0.389. The van der Waals surface area contributed by atoms with E-state index in [0.717, 1.165) is 46.9 Å². The summed E-state index contributed by atoms with van der Waals surface area (Å²) in [5, 5.41) is 12.6. The monoisotopic (exact) mass is 325 g/mol. The second-order valence-electron chi connectivity index (χ2n) is 5.96. The molecule has 24 heavy (non-hydrogen) atoms. The first-order chi connectivity index (χ1) is 11.6. The van der Waals surface area contributed by atoms with Gasteiger partial charge in [0.25, 0.3) is 0 Å². The first-order valence-electron chi connectivity index (χ1n) is 8.20. The lowest BCUT2D eigenvalue weighted by Crippen LogP contribution is -2.25. The van der Waals surface area contributed by atoms with Crippen LogP contribution in [0.15, 0.2) is 30.6 Å². The highest BCUT2D eigenvalue weighted by Crippen LogP contribution is 2.23. The number of nitrogens with zero attached hydrogens (tertiary/aromatic N) is 5. The van der Waals surface area contributed by atoms with Gasteiger partial charge in [-0.05, 0) is 37.5 Å². The van der Waals surface area contributed by atoms with Crippen LogP contribution in [0.2, 0.25) is 0 Å². The van der Waals surface area contributed by atoms with Gasteiger partial charge in [0.05, 0.1) is 17.9 Å². The van der Waals surface area contributed by atoms with Crippen molar-refractivity contribution in [2.24, 2.45) is 0 Å². The Balaban J connectivity index is 1.73. The van der Waals surface area contributed by atoms with Gasteiger partial charge in [-0.1, -0.05) is 25.1 Å². The molecule has 0 unspecified atom stereocenters. The summed E-state index contributed by atoms with van der Waals surface area (Å²) in [6, 6.07) is 8.27. The standard InChI is InChI=1S/C18H23N5O/c1-5-15-11-16(18-20-19-12-23(18)21-15)22(4)9-10-24-17-13(2)7-6-8-14(17)3/h6-8,11-12H,5,9-10H2,1-4H3. The molecule has 0 aliphatic heterocycles. The molecule has 0 aliphatic carbocycles. The van der Waals surface area contributed by atoms with Crippen molar-refractivity contribution in [3.05, 3.63) is 47.4 Å². The third-order valence-electron chi connectivity index (χ3n) is 4.15. The maximum atomic E-state index is 6.01. The van der Waals surface area contributed by atoms with Gasteiger partial charge in [0.2, 0.25) is 5.65 Å². The molecule has 0 spiro atoms. The number of aromatic nitrogens is 4. The van der Waals surface area contributed by atoms with E-state index in [9.17, 15) is 0 Å². The van der Waals surface area contributed by atoms with Crippen molar-refractivity contribution in [1.82, 2.24) is 19.8 Å². The average molecular weight is 325 g/mol. The summed E-state index contributed by atoms with van der Waals surface area (Å²) in [5.41, 5.74) is 5.12. The Bertz CT molecular complexity index is 822. The van der Waals surface area contributed by atoms with Crippen molar-refractivity contribution in [3.63, 3.8) is 0 Å². The summed E-state index contributed by atoms with van der Waals surface area (Å²) in [7, 11) is 2.04. The van der Waals surface area contributed by atoms with Gasteiger partial charge in [-0.2, -0.15) is 9.61 Å². The number of ether oxygens (including phenoxy) is 1. The molecule has 0 fully saturated rings. The van der Waals surface area contributed by atoms with Gasteiger partial charge >= 0.3 is 0 Å². The zero-order valence-corrected chi connectivity index (χ0v) is 14.7. The van der Waals surface area contributed by atoms with Crippen LogP contribution in [-0.4, -0.2) is 40.0 Å². The van der Waals surface area contributed by atoms with E-state index in [-0.39, 0.29) is 0 Å². The molecule has 126 valence electrons. The molecule has 6 heteroatoms. The highest BCUT2D eigenvalue weighted by atomic mass is 16.5. The SMILES string of the molecule is CCc1cc(N(C)CCOc2c(C)cccc2C)c2nncn2n1. The second-order valence-corrected chi connectivity index (χ2v) is 5.96. The second kappa shape index (κ2) is 6.86. The minimum Gasteiger partial charge on any atom is -0.491 e. The molecule has 0 bridgehead atoms. The molecular formula is C18H23N5O. The topological polar surface area (TPSA) is 55.5 Å². The molecular weight excluding hydrogens is 302 g/mol. The first-order valence-corrected chi connectivity index (χ1v) is 8.20. The normalized spacial score (nSPS) is 11.0. The molecule has 2 aromatic heterocycles. The maximum absolute atomic E-state index is 6.01. The third kappa shape index (κ3) is 3.18. The summed E-state index contributed by atoms with van der Waals surface area (Å²) < 4.78 is 7.74. The minimum absolute atomic E-state index is 0.603. The van der Waals surface area contributed by atoms with Crippen LogP contribution in [0, 0.1) is 13.8 Å². The fourth-order valence-electron chi connectivity index (χ4n) is 2.75. The largest absolute Gasteiger partial charge is 0.491 e. The Morgan fingerprint density at radius 2 is 1.96 bits per heavy atom. The number of hydrogen-bond acceptors (Lipinski definition) is 5. The van der Waals surface area contributed by atoms with Crippen LogP contribution in [0.1, 0.15) is 23.7 Å². The summed E-state index contributed by atoms with van der Waals surface area (Å²) in [4.78, 5) is 2.14. The quantitative estimate of drug-likeness (QED) is 0.697. The molecule has 1 aromatic carbocycles. The van der Waals surface area contributed by atoms with Crippen molar-refractivity contribution in [3.8, 4) is 5.75 Å². The van der Waals surface area contributed by atoms with E-state index in [0.29, 0.717) is 6.61 Å². The molecule has 2 heterocycles. The van der Waals surface area contributed by atoms with Crippen LogP contribution in [0.25, 0.3) is 5.65 Å². The Kier molecular flexibility index (Phi) is 4.64. The lowest BCUT2D eigenvalue weighted by atomic mass is 10.1. The number of benzene rings is 1. The maximum Gasteiger partial charge on any atom is 0.200 e. The molecule has 0 aliphatic rings. The van der Waals surface area contributed by atoms with E-state index >= 15 is 0 Å². The van der Waals surface area contributed by atoms with E-state index < -0.39 is 0 Å². The molecule has 6 nitrogen and oxygen atoms in total. The van der Waals surface area contributed by atoms with Crippen LogP contribution in [0.4, 0.5) is 5.69 Å². The van der Waals surface area contributed by atoms with Crippen LogP contribution in [0.5, 0.6) is 5.75 Å². The van der Waals surface area contributed by atoms with Crippen molar-refractivity contribution in [2.75, 3.05) is 25.1 Å². The lowest BCUT2D eigenvalue weighted by Gasteiger charge is -2.21. The van der Waals surface area contributed by atoms with Crippen molar-refractivity contribution in [2.45, 2.75) is 27.2 Å². The summed E-state index contributed by atoms with van der Waals surface area (Å²) in [5.74, 6) is 0.975. The van der Waals surface area contributed by atoms with Gasteiger partial charge in [0, 0.05) is 7.05 Å². The van der Waals surface area contributed by atoms with Gasteiger partial charge < -0.3 is 9.64 Å². The van der Waals surface area contributed by atoms with E-state index in [1.54, 1.807) is 10.8 Å². The van der Waals surface area contributed by atoms with Gasteiger partial charge in [-0.15, -0.1) is 10.2 Å². The highest BCUT2D eigenvalue weighted by Gasteiger charge is 2.12. The molecule has 0 atom stereocenters. The molecule has 0 amide bonds. The summed E-state index contributed by atoms with van der Waals surface area (Å²) in [6.07, 6.45) is 2.51. The van der Waals surface area contributed by atoms with Crippen LogP contribution in [0.3, 0.4) is 0 Å². The molecule has 0 saturated carbocycles. The minimum atomic E-state index is 0.603. The lowest BCUT2D eigenvalue weighted by molar-refractivity contribution is 0.321. The number of hydrogen-bond donors (Lipinski definition) is 0. The highest BCUT2D eigenvalue weighted by molar-refractivity contribution is 5.67. The summed E-state index contributed by atoms with van der Waals surface area (Å²) >= 11 is 0. The predicted octanol–water partition coefficient (Wildman–Crippen LogP) is 2.82. The van der Waals surface area contributed by atoms with Crippen molar-refractivity contribution >= 4 is 11.3 Å². The van der Waals surface area contributed by atoms with E-state index in [1.165, 1.54) is 0 Å². The smallest absolute Gasteiger partial charge is 0.200 e. The molecule has 0 N–H and O–H groups in total. The van der Waals surface area contributed by atoms with Crippen molar-refractivity contribution in [1.29, 1.82) is 0 Å². The number of likely N-dealkylation sites (N-methyl/N-ethyl adjacent to an activating group) is 1. The number of fused-ring (bicyclic) bond motifs is 1. The van der Waals surface area contributed by atoms with Crippen molar-refractivity contribution < 1.29 is 4.74 Å². The average Bonchev–Trinajstić information content (AvgIpc) is 3.04. The van der Waals surface area contributed by atoms with E-state index in [4.69, 9.17) is 4.74 Å². The Morgan fingerprint density at radius 3 is 2.67 bits per heavy atom. The summed E-state index contributed by atoms with van der Waals surface area (Å²) in [6.45, 7) is 7.59. The fourth-order valence-corrected chi connectivity index (χ4v) is 2.75. The van der Waals surface area contributed by atoms with Crippen LogP contribution in [-0.2, 0) is 6.42 Å². The van der Waals surface area contributed by atoms with Gasteiger partial charge in [0.1, 0.15) is 18.7 Å². The molecule has 0 saturated heterocycles. The first kappa shape index (κ1) is 16.2. The van der Waals surface area contributed by atoms with E-state index in [1.807, 2.05) is 7.05 Å². The molecule has 3 aromatic rings. The zero-order chi connectivity index (χ0) is 17.1.